The van der Waals surface area contributed by atoms with Crippen LogP contribution in [-0.2, 0) is 14.3 Å². The molecule has 0 heterocycles. The summed E-state index contributed by atoms with van der Waals surface area (Å²) in [7, 11) is 0. The van der Waals surface area contributed by atoms with Crippen molar-refractivity contribution in [2.45, 2.75) is 475 Å². The zero-order chi connectivity index (χ0) is 60.6. The first-order valence-electron chi connectivity index (χ1n) is 39.3. The Kier molecular flexibility index (Phi) is 73.3. The second kappa shape index (κ2) is 74.3. The van der Waals surface area contributed by atoms with Gasteiger partial charge in [-0.2, -0.15) is 0 Å². The first-order valence-corrected chi connectivity index (χ1v) is 39.3. The minimum atomic E-state index is -0.661. The van der Waals surface area contributed by atoms with E-state index in [9.17, 15) is 19.8 Å². The third kappa shape index (κ3) is 70.0. The molecule has 0 spiro atoms. The molecule has 3 N–H and O–H groups in total. The van der Waals surface area contributed by atoms with Crippen molar-refractivity contribution in [3.63, 3.8) is 0 Å². The Bertz CT molecular complexity index is 1230. The molecule has 2 atom stereocenters. The Hall–Kier alpha value is -1.14. The molecule has 0 aromatic heterocycles. The van der Waals surface area contributed by atoms with Crippen molar-refractivity contribution in [1.82, 2.24) is 5.32 Å². The molecule has 6 heteroatoms. The van der Waals surface area contributed by atoms with Crippen molar-refractivity contribution in [2.24, 2.45) is 0 Å². The Labute approximate surface area is 527 Å². The van der Waals surface area contributed by atoms with E-state index in [1.54, 1.807) is 0 Å². The highest BCUT2D eigenvalue weighted by atomic mass is 16.5. The van der Waals surface area contributed by atoms with Crippen molar-refractivity contribution >= 4 is 11.9 Å². The van der Waals surface area contributed by atoms with Crippen molar-refractivity contribution in [3.05, 3.63) is 0 Å². The monoisotopic (exact) mass is 1190 g/mol. The lowest BCUT2D eigenvalue weighted by molar-refractivity contribution is -0.143. The van der Waals surface area contributed by atoms with Crippen molar-refractivity contribution in [2.75, 3.05) is 13.2 Å². The Morgan fingerprint density at radius 3 is 0.726 bits per heavy atom. The van der Waals surface area contributed by atoms with Crippen LogP contribution in [0.1, 0.15) is 463 Å². The summed E-state index contributed by atoms with van der Waals surface area (Å²) in [6.45, 7) is 5.02. The average Bonchev–Trinajstić information content (AvgIpc) is 3.53. The van der Waals surface area contributed by atoms with E-state index in [1.807, 2.05) is 0 Å². The highest BCUT2D eigenvalue weighted by Crippen LogP contribution is 2.21. The molecule has 0 saturated carbocycles. The summed E-state index contributed by atoms with van der Waals surface area (Å²) in [6, 6.07) is -0.538. The predicted octanol–water partition coefficient (Wildman–Crippen LogP) is 25.7. The molecule has 0 aliphatic heterocycles. The third-order valence-electron chi connectivity index (χ3n) is 18.9. The molecule has 0 aromatic carbocycles. The molecule has 0 aliphatic carbocycles. The Morgan fingerprint density at radius 2 is 0.488 bits per heavy atom. The van der Waals surface area contributed by atoms with Gasteiger partial charge in [0.15, 0.2) is 0 Å². The molecule has 0 bridgehead atoms. The van der Waals surface area contributed by atoms with Crippen LogP contribution in [0, 0.1) is 0 Å². The van der Waals surface area contributed by atoms with Gasteiger partial charge in [-0.15, -0.1) is 0 Å². The Morgan fingerprint density at radius 1 is 0.286 bits per heavy atom. The summed E-state index contributed by atoms with van der Waals surface area (Å²) in [5.74, 6) is 0.001000. The topological polar surface area (TPSA) is 95.9 Å². The molecule has 1 amide bonds. The van der Waals surface area contributed by atoms with Crippen LogP contribution in [0.4, 0.5) is 0 Å². The lowest BCUT2D eigenvalue weighted by atomic mass is 10.0. The Balaban J connectivity index is 3.31. The van der Waals surface area contributed by atoms with Gasteiger partial charge in [0.1, 0.15) is 0 Å². The predicted molar refractivity (Wildman–Crippen MR) is 371 cm³/mol. The molecule has 0 saturated heterocycles. The smallest absolute Gasteiger partial charge is 0.305 e. The quantitative estimate of drug-likeness (QED) is 0.0417. The minimum absolute atomic E-state index is 0.0246. The second-order valence-corrected chi connectivity index (χ2v) is 27.4. The number of amides is 1. The maximum atomic E-state index is 12.6. The highest BCUT2D eigenvalue weighted by Gasteiger charge is 2.20. The van der Waals surface area contributed by atoms with Gasteiger partial charge in [0, 0.05) is 12.8 Å². The van der Waals surface area contributed by atoms with Crippen LogP contribution in [0.5, 0.6) is 0 Å². The van der Waals surface area contributed by atoms with E-state index in [2.05, 4.69) is 19.2 Å². The summed E-state index contributed by atoms with van der Waals surface area (Å²) < 4.78 is 5.51. The summed E-state index contributed by atoms with van der Waals surface area (Å²) >= 11 is 0. The van der Waals surface area contributed by atoms with E-state index in [4.69, 9.17) is 4.74 Å². The van der Waals surface area contributed by atoms with E-state index < -0.39 is 12.1 Å². The molecule has 0 rings (SSSR count). The minimum Gasteiger partial charge on any atom is -0.466 e. The van der Waals surface area contributed by atoms with Gasteiger partial charge in [0.05, 0.1) is 25.4 Å². The van der Waals surface area contributed by atoms with Crippen LogP contribution in [-0.4, -0.2) is 47.4 Å². The van der Waals surface area contributed by atoms with Gasteiger partial charge in [-0.05, 0) is 25.7 Å². The van der Waals surface area contributed by atoms with Gasteiger partial charge in [-0.3, -0.25) is 9.59 Å². The van der Waals surface area contributed by atoms with Crippen LogP contribution >= 0.6 is 0 Å². The van der Waals surface area contributed by atoms with E-state index in [1.165, 1.54) is 392 Å². The summed E-state index contributed by atoms with van der Waals surface area (Å²) in [6.07, 6.45) is 91.9. The number of nitrogens with one attached hydrogen (secondary N) is 1. The molecule has 0 aliphatic rings. The molecular formula is C78H155NO5. The average molecular weight is 1190 g/mol. The molecule has 84 heavy (non-hydrogen) atoms. The number of ether oxygens (including phenoxy) is 1. The number of carbonyl (C=O) groups is 2. The van der Waals surface area contributed by atoms with E-state index >= 15 is 0 Å². The number of aliphatic hydroxyl groups is 2. The molecule has 0 aromatic rings. The van der Waals surface area contributed by atoms with E-state index in [-0.39, 0.29) is 18.5 Å². The lowest BCUT2D eigenvalue weighted by Crippen LogP contribution is -2.45. The summed E-state index contributed by atoms with van der Waals surface area (Å²) in [5, 5.41) is 23.4. The maximum Gasteiger partial charge on any atom is 0.305 e. The highest BCUT2D eigenvalue weighted by molar-refractivity contribution is 5.76. The first kappa shape index (κ1) is 82.9. The zero-order valence-corrected chi connectivity index (χ0v) is 57.7. The summed E-state index contributed by atoms with van der Waals surface area (Å²) in [4.78, 5) is 24.6. The SMILES string of the molecule is CCCCCCCCCCCCCCCCCCCCCCC(O)C(CO)NC(=O)CCCCCCCCCCCCCCCCCCCCCCCCCCCCCCCCCCOC(=O)CCCCCCCCCCCCCCCCC. The van der Waals surface area contributed by atoms with Gasteiger partial charge in [0.25, 0.3) is 0 Å². The number of rotatable bonds is 75. The van der Waals surface area contributed by atoms with Crippen LogP contribution in [0.15, 0.2) is 0 Å². The van der Waals surface area contributed by atoms with Gasteiger partial charge in [-0.1, -0.05) is 425 Å². The molecule has 0 fully saturated rings. The van der Waals surface area contributed by atoms with Gasteiger partial charge in [-0.25, -0.2) is 0 Å². The molecule has 6 nitrogen and oxygen atoms in total. The maximum absolute atomic E-state index is 12.6. The number of carbonyl (C=O) groups excluding carboxylic acids is 2. The number of hydrogen-bond donors (Lipinski definition) is 3. The lowest BCUT2D eigenvalue weighted by Gasteiger charge is -2.22. The zero-order valence-electron chi connectivity index (χ0n) is 57.7. The molecule has 0 radical (unpaired) electrons. The first-order chi connectivity index (χ1) is 41.5. The number of hydrogen-bond acceptors (Lipinski definition) is 5. The fourth-order valence-electron chi connectivity index (χ4n) is 12.9. The number of esters is 1. The van der Waals surface area contributed by atoms with Gasteiger partial charge in [0.2, 0.25) is 5.91 Å². The number of unbranched alkanes of at least 4 members (excludes halogenated alkanes) is 64. The summed E-state index contributed by atoms with van der Waals surface area (Å²) in [5.41, 5.74) is 0. The van der Waals surface area contributed by atoms with E-state index in [0.29, 0.717) is 25.9 Å². The standard InChI is InChI=1S/C78H155NO5/c1-3-5-7-9-11-13-15-17-19-20-21-36-39-43-46-50-54-58-62-66-70-76(81)75(74-80)79-77(82)71-67-63-59-55-51-47-44-40-37-34-32-30-28-26-24-22-23-25-27-29-31-33-35-38-41-45-49-53-57-61-65-69-73-84-78(83)72-68-64-60-56-52-48-42-18-16-14-12-10-8-6-4-2/h75-76,80-81H,3-74H2,1-2H3,(H,79,82). The normalized spacial score (nSPS) is 12.4. The van der Waals surface area contributed by atoms with E-state index in [0.717, 1.165) is 38.5 Å². The van der Waals surface area contributed by atoms with Gasteiger partial charge < -0.3 is 20.3 Å². The van der Waals surface area contributed by atoms with Crippen molar-refractivity contribution in [1.29, 1.82) is 0 Å². The van der Waals surface area contributed by atoms with Crippen molar-refractivity contribution in [3.8, 4) is 0 Å². The van der Waals surface area contributed by atoms with Crippen LogP contribution in [0.3, 0.4) is 0 Å². The molecule has 502 valence electrons. The van der Waals surface area contributed by atoms with Gasteiger partial charge >= 0.3 is 5.97 Å². The van der Waals surface area contributed by atoms with Crippen LogP contribution in [0.2, 0.25) is 0 Å². The fourth-order valence-corrected chi connectivity index (χ4v) is 12.9. The largest absolute Gasteiger partial charge is 0.466 e. The fraction of sp³-hybridized carbons (Fsp3) is 0.974. The molecule has 2 unspecified atom stereocenters. The number of aliphatic hydroxyl groups excluding tert-OH is 2. The second-order valence-electron chi connectivity index (χ2n) is 27.4. The molecular weight excluding hydrogens is 1030 g/mol. The third-order valence-corrected chi connectivity index (χ3v) is 18.9. The van der Waals surface area contributed by atoms with Crippen LogP contribution < -0.4 is 5.32 Å². The van der Waals surface area contributed by atoms with Crippen LogP contribution in [0.25, 0.3) is 0 Å². The van der Waals surface area contributed by atoms with Crippen molar-refractivity contribution < 1.29 is 24.5 Å².